The summed E-state index contributed by atoms with van der Waals surface area (Å²) in [5, 5.41) is 0.701. The number of hydrogen-bond acceptors (Lipinski definition) is 3. The molecule has 0 bridgehead atoms. The van der Waals surface area contributed by atoms with Gasteiger partial charge in [-0.1, -0.05) is 13.8 Å². The lowest BCUT2D eigenvalue weighted by Crippen LogP contribution is -1.92. The van der Waals surface area contributed by atoms with Crippen LogP contribution >= 0.6 is 11.3 Å². The van der Waals surface area contributed by atoms with Crippen molar-refractivity contribution in [2.24, 2.45) is 0 Å². The zero-order valence-corrected chi connectivity index (χ0v) is 10.4. The molecule has 0 aliphatic carbocycles. The first-order chi connectivity index (χ1) is 7.63. The van der Waals surface area contributed by atoms with E-state index in [9.17, 15) is 8.78 Å². The molecule has 0 atom stereocenters. The van der Waals surface area contributed by atoms with Gasteiger partial charge in [-0.25, -0.2) is 9.37 Å². The summed E-state index contributed by atoms with van der Waals surface area (Å²) in [6.07, 6.45) is 0. The van der Waals surface area contributed by atoms with Gasteiger partial charge < -0.3 is 4.74 Å². The van der Waals surface area contributed by atoms with E-state index in [1.54, 1.807) is 6.92 Å². The summed E-state index contributed by atoms with van der Waals surface area (Å²) in [5.74, 6) is -2.01. The van der Waals surface area contributed by atoms with Crippen LogP contribution in [0.15, 0.2) is 6.07 Å². The summed E-state index contributed by atoms with van der Waals surface area (Å²) in [6, 6.07) is 1.46. The predicted molar refractivity (Wildman–Crippen MR) is 62.2 cm³/mol. The maximum absolute atomic E-state index is 13.3. The minimum atomic E-state index is -0.981. The van der Waals surface area contributed by atoms with Gasteiger partial charge in [0.2, 0.25) is 5.82 Å². The Balaban J connectivity index is 0.000000606. The first-order valence-corrected chi connectivity index (χ1v) is 5.74. The fourth-order valence-electron chi connectivity index (χ4n) is 1.24. The van der Waals surface area contributed by atoms with Crippen molar-refractivity contribution in [1.29, 1.82) is 0 Å². The summed E-state index contributed by atoms with van der Waals surface area (Å²) in [7, 11) is 1.30. The maximum Gasteiger partial charge on any atom is 0.202 e. The third-order valence-corrected chi connectivity index (χ3v) is 2.78. The molecule has 2 rings (SSSR count). The smallest absolute Gasteiger partial charge is 0.202 e. The Bertz CT molecular complexity index is 496. The summed E-state index contributed by atoms with van der Waals surface area (Å²) < 4.78 is 31.9. The van der Waals surface area contributed by atoms with Gasteiger partial charge in [0.1, 0.15) is 5.52 Å². The summed E-state index contributed by atoms with van der Waals surface area (Å²) in [4.78, 5) is 3.90. The minimum Gasteiger partial charge on any atom is -0.494 e. The third kappa shape index (κ3) is 2.14. The van der Waals surface area contributed by atoms with Crippen LogP contribution in [0.5, 0.6) is 5.75 Å². The van der Waals surface area contributed by atoms with Gasteiger partial charge in [0.15, 0.2) is 11.6 Å². The monoisotopic (exact) mass is 245 g/mol. The van der Waals surface area contributed by atoms with E-state index in [1.807, 2.05) is 13.8 Å². The van der Waals surface area contributed by atoms with E-state index in [2.05, 4.69) is 4.98 Å². The van der Waals surface area contributed by atoms with Gasteiger partial charge in [0, 0.05) is 6.07 Å². The topological polar surface area (TPSA) is 22.1 Å². The highest BCUT2D eigenvalue weighted by Gasteiger charge is 2.16. The van der Waals surface area contributed by atoms with Crippen LogP contribution in [-0.4, -0.2) is 12.1 Å². The van der Waals surface area contributed by atoms with Crippen LogP contribution < -0.4 is 4.74 Å². The van der Waals surface area contributed by atoms with Crippen LogP contribution in [0.4, 0.5) is 8.78 Å². The van der Waals surface area contributed by atoms with Crippen molar-refractivity contribution in [2.75, 3.05) is 7.11 Å². The van der Waals surface area contributed by atoms with Gasteiger partial charge in [-0.2, -0.15) is 4.39 Å². The van der Waals surface area contributed by atoms with Crippen LogP contribution in [-0.2, 0) is 0 Å². The standard InChI is InChI=1S/C9H7F2NOS.C2H6/c1-4-12-9-6(14-4)3-5(13-2)7(10)8(9)11;1-2/h3H,1-2H3;1-2H3. The second kappa shape index (κ2) is 5.21. The molecular formula is C11H13F2NOS. The molecule has 1 aromatic heterocycles. The number of rotatable bonds is 1. The lowest BCUT2D eigenvalue weighted by atomic mass is 10.3. The Labute approximate surface area is 96.9 Å². The largest absolute Gasteiger partial charge is 0.494 e. The first kappa shape index (κ1) is 12.8. The molecule has 0 fully saturated rings. The Hall–Kier alpha value is -1.23. The number of thiazole rings is 1. The molecule has 0 saturated carbocycles. The second-order valence-electron chi connectivity index (χ2n) is 2.79. The SMILES string of the molecule is CC.COc1cc2sc(C)nc2c(F)c1F. The van der Waals surface area contributed by atoms with E-state index in [-0.39, 0.29) is 11.3 Å². The van der Waals surface area contributed by atoms with Gasteiger partial charge in [-0.15, -0.1) is 11.3 Å². The number of ether oxygens (including phenoxy) is 1. The van der Waals surface area contributed by atoms with Crippen molar-refractivity contribution >= 4 is 21.6 Å². The molecule has 0 aliphatic heterocycles. The van der Waals surface area contributed by atoms with Crippen molar-refractivity contribution in [1.82, 2.24) is 4.98 Å². The molecule has 0 spiro atoms. The molecule has 16 heavy (non-hydrogen) atoms. The van der Waals surface area contributed by atoms with Crippen LogP contribution in [0.25, 0.3) is 10.2 Å². The lowest BCUT2D eigenvalue weighted by molar-refractivity contribution is 0.374. The zero-order valence-electron chi connectivity index (χ0n) is 9.60. The van der Waals surface area contributed by atoms with Crippen molar-refractivity contribution in [2.45, 2.75) is 20.8 Å². The van der Waals surface area contributed by atoms with E-state index in [4.69, 9.17) is 4.74 Å². The second-order valence-corrected chi connectivity index (χ2v) is 4.02. The van der Waals surface area contributed by atoms with Gasteiger partial charge in [0.25, 0.3) is 0 Å². The highest BCUT2D eigenvalue weighted by atomic mass is 32.1. The van der Waals surface area contributed by atoms with Crippen LogP contribution in [0.3, 0.4) is 0 Å². The highest BCUT2D eigenvalue weighted by Crippen LogP contribution is 2.31. The van der Waals surface area contributed by atoms with Crippen LogP contribution in [0, 0.1) is 18.6 Å². The minimum absolute atomic E-state index is 0.0748. The average Bonchev–Trinajstić information content (AvgIpc) is 2.67. The normalized spacial score (nSPS) is 9.88. The Morgan fingerprint density at radius 1 is 1.25 bits per heavy atom. The van der Waals surface area contributed by atoms with E-state index >= 15 is 0 Å². The fourth-order valence-corrected chi connectivity index (χ4v) is 2.09. The van der Waals surface area contributed by atoms with Gasteiger partial charge in [0.05, 0.1) is 16.8 Å². The van der Waals surface area contributed by atoms with Gasteiger partial charge >= 0.3 is 0 Å². The third-order valence-electron chi connectivity index (χ3n) is 1.86. The van der Waals surface area contributed by atoms with E-state index < -0.39 is 11.6 Å². The molecule has 0 saturated heterocycles. The maximum atomic E-state index is 13.3. The highest BCUT2D eigenvalue weighted by molar-refractivity contribution is 7.18. The van der Waals surface area contributed by atoms with E-state index in [1.165, 1.54) is 24.5 Å². The summed E-state index contributed by atoms with van der Waals surface area (Å²) in [5.41, 5.74) is 0.0748. The van der Waals surface area contributed by atoms with Crippen molar-refractivity contribution in [3.63, 3.8) is 0 Å². The molecule has 0 unspecified atom stereocenters. The quantitative estimate of drug-likeness (QED) is 0.759. The van der Waals surface area contributed by atoms with Crippen LogP contribution in [0.1, 0.15) is 18.9 Å². The molecular weight excluding hydrogens is 232 g/mol. The van der Waals surface area contributed by atoms with Crippen molar-refractivity contribution in [3.05, 3.63) is 22.7 Å². The van der Waals surface area contributed by atoms with Crippen LogP contribution in [0.2, 0.25) is 0 Å². The lowest BCUT2D eigenvalue weighted by Gasteiger charge is -2.01. The Morgan fingerprint density at radius 2 is 1.88 bits per heavy atom. The Morgan fingerprint density at radius 3 is 2.44 bits per heavy atom. The fraction of sp³-hybridized carbons (Fsp3) is 0.364. The summed E-state index contributed by atoms with van der Waals surface area (Å²) >= 11 is 1.31. The number of halogens is 2. The molecule has 0 amide bonds. The molecule has 1 aromatic carbocycles. The molecule has 2 nitrogen and oxygen atoms in total. The van der Waals surface area contributed by atoms with E-state index in [0.717, 1.165) is 0 Å². The Kier molecular flexibility index (Phi) is 4.18. The molecule has 2 aromatic rings. The number of hydrogen-bond donors (Lipinski definition) is 0. The molecule has 88 valence electrons. The van der Waals surface area contributed by atoms with Crippen molar-refractivity contribution < 1.29 is 13.5 Å². The van der Waals surface area contributed by atoms with Gasteiger partial charge in [-0.05, 0) is 6.92 Å². The first-order valence-electron chi connectivity index (χ1n) is 4.92. The number of aryl methyl sites for hydroxylation is 1. The molecule has 0 aliphatic rings. The number of nitrogens with zero attached hydrogens (tertiary/aromatic N) is 1. The molecule has 1 heterocycles. The zero-order chi connectivity index (χ0) is 12.3. The number of methoxy groups -OCH3 is 1. The van der Waals surface area contributed by atoms with E-state index in [0.29, 0.717) is 9.71 Å². The number of fused-ring (bicyclic) bond motifs is 1. The van der Waals surface area contributed by atoms with Crippen molar-refractivity contribution in [3.8, 4) is 5.75 Å². The molecule has 5 heteroatoms. The predicted octanol–water partition coefficient (Wildman–Crippen LogP) is 3.92. The van der Waals surface area contributed by atoms with Gasteiger partial charge in [-0.3, -0.25) is 0 Å². The number of aromatic nitrogens is 1. The molecule has 0 N–H and O–H groups in total. The molecule has 0 radical (unpaired) electrons. The average molecular weight is 245 g/mol. The summed E-state index contributed by atoms with van der Waals surface area (Å²) in [6.45, 7) is 5.74. The number of benzene rings is 1.